The first-order valence-electron chi connectivity index (χ1n) is 6.51. The Morgan fingerprint density at radius 3 is 2.44 bits per heavy atom. The van der Waals surface area contributed by atoms with Crippen LogP contribution in [-0.2, 0) is 0 Å². The molecular weight excluding hydrogens is 228 g/mol. The first-order chi connectivity index (χ1) is 8.46. The smallest absolute Gasteiger partial charge is 0.289 e. The second-order valence-electron chi connectivity index (χ2n) is 6.11. The molecule has 1 aromatic rings. The molecule has 1 aliphatic rings. The van der Waals surface area contributed by atoms with E-state index in [2.05, 4.69) is 25.7 Å². The van der Waals surface area contributed by atoms with Crippen LogP contribution in [0.15, 0.2) is 22.8 Å². The summed E-state index contributed by atoms with van der Waals surface area (Å²) in [6.07, 6.45) is 1.54. The molecule has 0 radical (unpaired) electrons. The number of hydrogen-bond acceptors (Lipinski definition) is 3. The number of carbonyl (C=O) groups is 1. The van der Waals surface area contributed by atoms with E-state index in [-0.39, 0.29) is 5.91 Å². The summed E-state index contributed by atoms with van der Waals surface area (Å²) in [5, 5.41) is 0. The lowest BCUT2D eigenvalue weighted by Gasteiger charge is -2.37. The van der Waals surface area contributed by atoms with Gasteiger partial charge in [0.2, 0.25) is 0 Å². The van der Waals surface area contributed by atoms with E-state index in [1.54, 1.807) is 18.4 Å². The van der Waals surface area contributed by atoms with Crippen molar-refractivity contribution >= 4 is 5.91 Å². The van der Waals surface area contributed by atoms with Crippen LogP contribution in [0.1, 0.15) is 31.3 Å². The van der Waals surface area contributed by atoms with Crippen LogP contribution in [0.5, 0.6) is 0 Å². The number of rotatable bonds is 2. The van der Waals surface area contributed by atoms with Crippen LogP contribution < -0.4 is 0 Å². The van der Waals surface area contributed by atoms with Crippen LogP contribution in [-0.4, -0.2) is 48.4 Å². The van der Waals surface area contributed by atoms with Gasteiger partial charge in [0.25, 0.3) is 5.91 Å². The maximum Gasteiger partial charge on any atom is 0.289 e. The Bertz CT molecular complexity index is 384. The van der Waals surface area contributed by atoms with Crippen molar-refractivity contribution in [2.45, 2.75) is 20.8 Å². The Morgan fingerprint density at radius 2 is 1.94 bits per heavy atom. The van der Waals surface area contributed by atoms with E-state index in [1.807, 2.05) is 4.90 Å². The van der Waals surface area contributed by atoms with Gasteiger partial charge in [0.05, 0.1) is 6.26 Å². The third-order valence-electron chi connectivity index (χ3n) is 3.09. The topological polar surface area (TPSA) is 36.7 Å². The molecular formula is C14H22N2O2. The fourth-order valence-electron chi connectivity index (χ4n) is 2.34. The first-order valence-corrected chi connectivity index (χ1v) is 6.51. The van der Waals surface area contributed by atoms with Crippen molar-refractivity contribution in [2.75, 3.05) is 32.7 Å². The van der Waals surface area contributed by atoms with E-state index < -0.39 is 0 Å². The van der Waals surface area contributed by atoms with Crippen LogP contribution >= 0.6 is 0 Å². The van der Waals surface area contributed by atoms with E-state index in [4.69, 9.17) is 4.42 Å². The molecule has 1 aliphatic heterocycles. The number of amides is 1. The Kier molecular flexibility index (Phi) is 3.76. The Hall–Kier alpha value is -1.29. The van der Waals surface area contributed by atoms with Gasteiger partial charge < -0.3 is 9.32 Å². The number of furan rings is 1. The maximum absolute atomic E-state index is 12.1. The molecule has 1 amide bonds. The monoisotopic (exact) mass is 250 g/mol. The number of piperazine rings is 1. The molecule has 0 unspecified atom stereocenters. The molecule has 1 fully saturated rings. The predicted octanol–water partition coefficient (Wildman–Crippen LogP) is 2.08. The lowest BCUT2D eigenvalue weighted by atomic mass is 9.96. The normalized spacial score (nSPS) is 18.1. The van der Waals surface area contributed by atoms with Crippen LogP contribution in [0, 0.1) is 5.41 Å². The molecule has 1 aromatic heterocycles. The van der Waals surface area contributed by atoms with Gasteiger partial charge in [-0.3, -0.25) is 9.69 Å². The molecule has 1 saturated heterocycles. The molecule has 18 heavy (non-hydrogen) atoms. The molecule has 2 rings (SSSR count). The van der Waals surface area contributed by atoms with Gasteiger partial charge in [-0.2, -0.15) is 0 Å². The zero-order chi connectivity index (χ0) is 13.2. The van der Waals surface area contributed by atoms with Crippen molar-refractivity contribution in [1.29, 1.82) is 0 Å². The van der Waals surface area contributed by atoms with Gasteiger partial charge >= 0.3 is 0 Å². The fourth-order valence-corrected chi connectivity index (χ4v) is 2.34. The SMILES string of the molecule is CC(C)(C)CN1CCN(C(=O)c2ccco2)CC1. The highest BCUT2D eigenvalue weighted by Crippen LogP contribution is 2.17. The van der Waals surface area contributed by atoms with Crippen molar-refractivity contribution < 1.29 is 9.21 Å². The summed E-state index contributed by atoms with van der Waals surface area (Å²) in [5.41, 5.74) is 0.313. The predicted molar refractivity (Wildman–Crippen MR) is 70.5 cm³/mol. The summed E-state index contributed by atoms with van der Waals surface area (Å²) in [6, 6.07) is 3.48. The van der Waals surface area contributed by atoms with Crippen molar-refractivity contribution in [3.8, 4) is 0 Å². The summed E-state index contributed by atoms with van der Waals surface area (Å²) in [7, 11) is 0. The fraction of sp³-hybridized carbons (Fsp3) is 0.643. The van der Waals surface area contributed by atoms with Gasteiger partial charge in [0.15, 0.2) is 5.76 Å². The Balaban J connectivity index is 1.85. The zero-order valence-electron chi connectivity index (χ0n) is 11.5. The standard InChI is InChI=1S/C14H22N2O2/c1-14(2,3)11-15-6-8-16(9-7-15)13(17)12-5-4-10-18-12/h4-5,10H,6-9,11H2,1-3H3. The van der Waals surface area contributed by atoms with Crippen molar-refractivity contribution in [3.63, 3.8) is 0 Å². The molecule has 0 aromatic carbocycles. The Labute approximate surface area is 109 Å². The van der Waals surface area contributed by atoms with Crippen molar-refractivity contribution in [3.05, 3.63) is 24.2 Å². The summed E-state index contributed by atoms with van der Waals surface area (Å²) < 4.78 is 5.15. The van der Waals surface area contributed by atoms with Crippen LogP contribution in [0.4, 0.5) is 0 Å². The number of carbonyl (C=O) groups excluding carboxylic acids is 1. The van der Waals surface area contributed by atoms with E-state index in [0.29, 0.717) is 11.2 Å². The van der Waals surface area contributed by atoms with E-state index in [0.717, 1.165) is 32.7 Å². The lowest BCUT2D eigenvalue weighted by Crippen LogP contribution is -2.50. The molecule has 0 N–H and O–H groups in total. The molecule has 100 valence electrons. The van der Waals surface area contributed by atoms with Crippen molar-refractivity contribution in [2.24, 2.45) is 5.41 Å². The summed E-state index contributed by atoms with van der Waals surface area (Å²) >= 11 is 0. The summed E-state index contributed by atoms with van der Waals surface area (Å²) in [5.74, 6) is 0.453. The van der Waals surface area contributed by atoms with E-state index >= 15 is 0 Å². The minimum Gasteiger partial charge on any atom is -0.459 e. The highest BCUT2D eigenvalue weighted by Gasteiger charge is 2.25. The molecule has 0 spiro atoms. The molecule has 0 saturated carbocycles. The molecule has 0 atom stereocenters. The van der Waals surface area contributed by atoms with Gasteiger partial charge in [-0.1, -0.05) is 20.8 Å². The second kappa shape index (κ2) is 5.14. The van der Waals surface area contributed by atoms with Gasteiger partial charge in [-0.15, -0.1) is 0 Å². The minimum atomic E-state index is 0.00964. The summed E-state index contributed by atoms with van der Waals surface area (Å²) in [6.45, 7) is 11.3. The third-order valence-corrected chi connectivity index (χ3v) is 3.09. The number of hydrogen-bond donors (Lipinski definition) is 0. The van der Waals surface area contributed by atoms with Crippen molar-refractivity contribution in [1.82, 2.24) is 9.80 Å². The highest BCUT2D eigenvalue weighted by atomic mass is 16.3. The van der Waals surface area contributed by atoms with E-state index in [9.17, 15) is 4.79 Å². The molecule has 4 nitrogen and oxygen atoms in total. The maximum atomic E-state index is 12.1. The number of nitrogens with zero attached hydrogens (tertiary/aromatic N) is 2. The average Bonchev–Trinajstić information content (AvgIpc) is 2.80. The molecule has 0 bridgehead atoms. The molecule has 0 aliphatic carbocycles. The largest absolute Gasteiger partial charge is 0.459 e. The zero-order valence-corrected chi connectivity index (χ0v) is 11.5. The average molecular weight is 250 g/mol. The van der Waals surface area contributed by atoms with Gasteiger partial charge in [0, 0.05) is 32.7 Å². The van der Waals surface area contributed by atoms with Crippen LogP contribution in [0.3, 0.4) is 0 Å². The van der Waals surface area contributed by atoms with Gasteiger partial charge in [-0.05, 0) is 17.5 Å². The van der Waals surface area contributed by atoms with E-state index in [1.165, 1.54) is 0 Å². The quantitative estimate of drug-likeness (QED) is 0.806. The van der Waals surface area contributed by atoms with Crippen LogP contribution in [0.25, 0.3) is 0 Å². The Morgan fingerprint density at radius 1 is 1.28 bits per heavy atom. The van der Waals surface area contributed by atoms with Gasteiger partial charge in [0.1, 0.15) is 0 Å². The highest BCUT2D eigenvalue weighted by molar-refractivity contribution is 5.91. The van der Waals surface area contributed by atoms with Gasteiger partial charge in [-0.25, -0.2) is 0 Å². The molecule has 2 heterocycles. The van der Waals surface area contributed by atoms with Crippen LogP contribution in [0.2, 0.25) is 0 Å². The lowest BCUT2D eigenvalue weighted by molar-refractivity contribution is 0.0563. The summed E-state index contributed by atoms with van der Waals surface area (Å²) in [4.78, 5) is 16.4. The first kappa shape index (κ1) is 13.1. The molecule has 4 heteroatoms. The second-order valence-corrected chi connectivity index (χ2v) is 6.11. The third kappa shape index (κ3) is 3.35. The minimum absolute atomic E-state index is 0.00964.